The number of unbranched alkanes of at least 4 members (excludes halogenated alkanes) is 2. The molecular formula is C19H26N2O3. The van der Waals surface area contributed by atoms with Crippen LogP contribution in [0.3, 0.4) is 0 Å². The Bertz CT molecular complexity index is 570. The van der Waals surface area contributed by atoms with Crippen molar-refractivity contribution in [1.82, 2.24) is 9.97 Å². The molecule has 2 aromatic rings. The van der Waals surface area contributed by atoms with Gasteiger partial charge in [-0.25, -0.2) is 9.97 Å². The van der Waals surface area contributed by atoms with Gasteiger partial charge in [-0.1, -0.05) is 18.6 Å². The van der Waals surface area contributed by atoms with Gasteiger partial charge in [0, 0.05) is 37.6 Å². The van der Waals surface area contributed by atoms with Crippen LogP contribution in [-0.4, -0.2) is 41.5 Å². The summed E-state index contributed by atoms with van der Waals surface area (Å²) in [4.78, 5) is 8.85. The number of ether oxygens (including phenoxy) is 2. The largest absolute Gasteiger partial charge is 0.508 e. The first-order chi connectivity index (χ1) is 11.8. The Hall–Kier alpha value is -1.98. The SMILES string of the molecule is CCOCCOCCCCCc1ncc(-c2ccc(O)cc2)cn1. The molecule has 24 heavy (non-hydrogen) atoms. The maximum Gasteiger partial charge on any atom is 0.128 e. The fourth-order valence-corrected chi connectivity index (χ4v) is 2.32. The fourth-order valence-electron chi connectivity index (χ4n) is 2.32. The van der Waals surface area contributed by atoms with Gasteiger partial charge in [-0.2, -0.15) is 0 Å². The third-order valence-corrected chi connectivity index (χ3v) is 3.67. The summed E-state index contributed by atoms with van der Waals surface area (Å²) >= 11 is 0. The number of phenols is 1. The zero-order chi connectivity index (χ0) is 17.0. The van der Waals surface area contributed by atoms with Crippen LogP contribution in [0.25, 0.3) is 11.1 Å². The van der Waals surface area contributed by atoms with Crippen molar-refractivity contribution in [3.05, 3.63) is 42.5 Å². The van der Waals surface area contributed by atoms with Crippen LogP contribution in [0.5, 0.6) is 5.75 Å². The van der Waals surface area contributed by atoms with E-state index in [9.17, 15) is 5.11 Å². The Morgan fingerprint density at radius 3 is 2.25 bits per heavy atom. The van der Waals surface area contributed by atoms with Gasteiger partial charge in [0.25, 0.3) is 0 Å². The summed E-state index contributed by atoms with van der Waals surface area (Å²) in [5.41, 5.74) is 1.96. The van der Waals surface area contributed by atoms with Gasteiger partial charge in [0.15, 0.2) is 0 Å². The van der Waals surface area contributed by atoms with Crippen LogP contribution in [0.4, 0.5) is 0 Å². The van der Waals surface area contributed by atoms with Crippen LogP contribution >= 0.6 is 0 Å². The molecule has 0 unspecified atom stereocenters. The topological polar surface area (TPSA) is 64.5 Å². The fraction of sp³-hybridized carbons (Fsp3) is 0.474. The average Bonchev–Trinajstić information content (AvgIpc) is 2.62. The summed E-state index contributed by atoms with van der Waals surface area (Å²) in [6.07, 6.45) is 7.79. The van der Waals surface area contributed by atoms with E-state index in [2.05, 4.69) is 9.97 Å². The molecule has 1 heterocycles. The van der Waals surface area contributed by atoms with E-state index in [0.717, 1.165) is 55.8 Å². The van der Waals surface area contributed by atoms with Crippen LogP contribution < -0.4 is 0 Å². The normalized spacial score (nSPS) is 10.9. The summed E-state index contributed by atoms with van der Waals surface area (Å²) in [6, 6.07) is 7.05. The van der Waals surface area contributed by atoms with Crippen LogP contribution in [0, 0.1) is 0 Å². The quantitative estimate of drug-likeness (QED) is 0.638. The molecule has 0 spiro atoms. The van der Waals surface area contributed by atoms with Crippen LogP contribution in [0.15, 0.2) is 36.7 Å². The number of aryl methyl sites for hydroxylation is 1. The van der Waals surface area contributed by atoms with Gasteiger partial charge in [-0.3, -0.25) is 0 Å². The van der Waals surface area contributed by atoms with Gasteiger partial charge in [0.2, 0.25) is 0 Å². The van der Waals surface area contributed by atoms with Crippen LogP contribution in [0.1, 0.15) is 32.0 Å². The Balaban J connectivity index is 1.63. The minimum atomic E-state index is 0.262. The van der Waals surface area contributed by atoms with Gasteiger partial charge in [0.05, 0.1) is 13.2 Å². The summed E-state index contributed by atoms with van der Waals surface area (Å²) in [5, 5.41) is 9.31. The number of benzene rings is 1. The second kappa shape index (κ2) is 10.7. The molecule has 130 valence electrons. The number of rotatable bonds is 11. The Labute approximate surface area is 143 Å². The summed E-state index contributed by atoms with van der Waals surface area (Å²) in [7, 11) is 0. The van der Waals surface area contributed by atoms with Crippen molar-refractivity contribution in [2.75, 3.05) is 26.4 Å². The lowest BCUT2D eigenvalue weighted by Gasteiger charge is -2.05. The minimum absolute atomic E-state index is 0.262. The van der Waals surface area contributed by atoms with E-state index >= 15 is 0 Å². The molecule has 0 atom stereocenters. The number of aromatic nitrogens is 2. The van der Waals surface area contributed by atoms with E-state index in [-0.39, 0.29) is 5.75 Å². The molecule has 0 radical (unpaired) electrons. The Kier molecular flexibility index (Phi) is 8.21. The standard InChI is InChI=1S/C19H26N2O3/c1-2-23-12-13-24-11-5-3-4-6-19-20-14-17(15-21-19)16-7-9-18(22)10-8-16/h7-10,14-15,22H,2-6,11-13H2,1H3. The molecule has 5 heteroatoms. The highest BCUT2D eigenvalue weighted by molar-refractivity contribution is 5.62. The minimum Gasteiger partial charge on any atom is -0.508 e. The molecule has 0 aliphatic heterocycles. The lowest BCUT2D eigenvalue weighted by molar-refractivity contribution is 0.0513. The summed E-state index contributed by atoms with van der Waals surface area (Å²) < 4.78 is 10.7. The van der Waals surface area contributed by atoms with E-state index in [4.69, 9.17) is 9.47 Å². The average molecular weight is 330 g/mol. The smallest absolute Gasteiger partial charge is 0.128 e. The molecule has 1 aromatic carbocycles. The number of aromatic hydroxyl groups is 1. The van der Waals surface area contributed by atoms with Crippen molar-refractivity contribution in [2.24, 2.45) is 0 Å². The zero-order valence-corrected chi connectivity index (χ0v) is 14.3. The highest BCUT2D eigenvalue weighted by Gasteiger charge is 2.01. The van der Waals surface area contributed by atoms with Crippen molar-refractivity contribution in [1.29, 1.82) is 0 Å². The van der Waals surface area contributed by atoms with Gasteiger partial charge >= 0.3 is 0 Å². The highest BCUT2D eigenvalue weighted by Crippen LogP contribution is 2.20. The zero-order valence-electron chi connectivity index (χ0n) is 14.3. The molecule has 2 rings (SSSR count). The number of hydrogen-bond acceptors (Lipinski definition) is 5. The lowest BCUT2D eigenvalue weighted by Crippen LogP contribution is -2.05. The van der Waals surface area contributed by atoms with Gasteiger partial charge in [-0.05, 0) is 37.5 Å². The number of hydrogen-bond donors (Lipinski definition) is 1. The van der Waals surface area contributed by atoms with Gasteiger partial charge < -0.3 is 14.6 Å². The maximum absolute atomic E-state index is 9.31. The molecule has 0 fully saturated rings. The van der Waals surface area contributed by atoms with Crippen LogP contribution in [-0.2, 0) is 15.9 Å². The summed E-state index contributed by atoms with van der Waals surface area (Å²) in [6.45, 7) is 4.87. The van der Waals surface area contributed by atoms with Crippen molar-refractivity contribution < 1.29 is 14.6 Å². The van der Waals surface area contributed by atoms with Gasteiger partial charge in [0.1, 0.15) is 11.6 Å². The molecule has 0 aliphatic rings. The predicted octanol–water partition coefficient (Wildman–Crippen LogP) is 3.62. The number of nitrogens with zero attached hydrogens (tertiary/aromatic N) is 2. The van der Waals surface area contributed by atoms with E-state index in [1.165, 1.54) is 0 Å². The molecule has 1 aromatic heterocycles. The molecule has 0 bridgehead atoms. The van der Waals surface area contributed by atoms with Crippen molar-refractivity contribution in [2.45, 2.75) is 32.6 Å². The Morgan fingerprint density at radius 2 is 1.54 bits per heavy atom. The second-order valence-electron chi connectivity index (χ2n) is 5.55. The van der Waals surface area contributed by atoms with Crippen molar-refractivity contribution in [3.8, 4) is 16.9 Å². The first-order valence-electron chi connectivity index (χ1n) is 8.55. The first-order valence-corrected chi connectivity index (χ1v) is 8.55. The molecule has 0 aliphatic carbocycles. The van der Waals surface area contributed by atoms with Crippen molar-refractivity contribution in [3.63, 3.8) is 0 Å². The predicted molar refractivity (Wildman–Crippen MR) is 94.0 cm³/mol. The molecule has 5 nitrogen and oxygen atoms in total. The van der Waals surface area contributed by atoms with Crippen LogP contribution in [0.2, 0.25) is 0 Å². The first kappa shape index (κ1) is 18.4. The van der Waals surface area contributed by atoms with Crippen molar-refractivity contribution >= 4 is 0 Å². The Morgan fingerprint density at radius 1 is 0.833 bits per heavy atom. The monoisotopic (exact) mass is 330 g/mol. The second-order valence-corrected chi connectivity index (χ2v) is 5.55. The van der Waals surface area contributed by atoms with E-state index < -0.39 is 0 Å². The molecule has 0 saturated carbocycles. The maximum atomic E-state index is 9.31. The molecule has 0 saturated heterocycles. The van der Waals surface area contributed by atoms with E-state index in [1.807, 2.05) is 31.5 Å². The van der Waals surface area contributed by atoms with E-state index in [0.29, 0.717) is 13.2 Å². The number of phenolic OH excluding ortho intramolecular Hbond substituents is 1. The third-order valence-electron chi connectivity index (χ3n) is 3.67. The van der Waals surface area contributed by atoms with E-state index in [1.54, 1.807) is 12.1 Å². The lowest BCUT2D eigenvalue weighted by atomic mass is 10.1. The molecule has 0 amide bonds. The third kappa shape index (κ3) is 6.64. The van der Waals surface area contributed by atoms with Gasteiger partial charge in [-0.15, -0.1) is 0 Å². The summed E-state index contributed by atoms with van der Waals surface area (Å²) in [5.74, 6) is 1.13. The highest BCUT2D eigenvalue weighted by atomic mass is 16.5. The molecular weight excluding hydrogens is 304 g/mol. The molecule has 1 N–H and O–H groups in total.